The van der Waals surface area contributed by atoms with E-state index in [1.807, 2.05) is 0 Å². The fraction of sp³-hybridized carbons (Fsp3) is 0.417. The Morgan fingerprint density at radius 1 is 1.40 bits per heavy atom. The van der Waals surface area contributed by atoms with Crippen LogP contribution < -0.4 is 11.5 Å². The Balaban J connectivity index is 2.08. The Labute approximate surface area is 115 Å². The van der Waals surface area contributed by atoms with Gasteiger partial charge in [-0.3, -0.25) is 4.57 Å². The molecule has 1 aromatic heterocycles. The molecule has 2 heterocycles. The van der Waals surface area contributed by atoms with Crippen LogP contribution >= 0.6 is 0 Å². The van der Waals surface area contributed by atoms with Gasteiger partial charge in [-0.1, -0.05) is 0 Å². The molecule has 2 aromatic rings. The summed E-state index contributed by atoms with van der Waals surface area (Å²) in [5.74, 6) is -0.516. The maximum absolute atomic E-state index is 12.5. The maximum Gasteiger partial charge on any atom is 0.419 e. The van der Waals surface area contributed by atoms with Crippen LogP contribution in [0, 0.1) is 0 Å². The second-order valence-corrected chi connectivity index (χ2v) is 6.91. The van der Waals surface area contributed by atoms with E-state index in [4.69, 9.17) is 10.2 Å². The molecule has 1 aliphatic rings. The van der Waals surface area contributed by atoms with Gasteiger partial charge in [-0.2, -0.15) is 4.31 Å². The standard InChI is InChI=1S/C12H15N3O4S/c1-14-10-3-2-9(6-11(10)19-12(14)16)20(17,18)15-5-4-8(13)7-15/h2-3,6,8H,4-5,7,13H2,1H3. The number of rotatable bonds is 2. The van der Waals surface area contributed by atoms with Crippen LogP contribution in [0.1, 0.15) is 6.42 Å². The molecule has 0 radical (unpaired) electrons. The Morgan fingerprint density at radius 2 is 2.15 bits per heavy atom. The lowest BCUT2D eigenvalue weighted by Crippen LogP contribution is -2.31. The molecule has 108 valence electrons. The fourth-order valence-corrected chi connectivity index (χ4v) is 3.92. The van der Waals surface area contributed by atoms with Gasteiger partial charge in [0.2, 0.25) is 10.0 Å². The zero-order valence-electron chi connectivity index (χ0n) is 10.9. The van der Waals surface area contributed by atoms with Gasteiger partial charge in [-0.05, 0) is 18.6 Å². The third kappa shape index (κ3) is 1.96. The largest absolute Gasteiger partial charge is 0.419 e. The SMILES string of the molecule is Cn1c(=O)oc2cc(S(=O)(=O)N3CCC(N)C3)ccc21. The first-order valence-electron chi connectivity index (χ1n) is 6.25. The molecule has 1 fully saturated rings. The summed E-state index contributed by atoms with van der Waals surface area (Å²) in [6.45, 7) is 0.735. The number of hydrogen-bond acceptors (Lipinski definition) is 5. The quantitative estimate of drug-likeness (QED) is 0.831. The number of nitrogens with two attached hydrogens (primary N) is 1. The van der Waals surface area contributed by atoms with Gasteiger partial charge in [0.25, 0.3) is 0 Å². The van der Waals surface area contributed by atoms with Crippen LogP contribution in [0.2, 0.25) is 0 Å². The number of benzene rings is 1. The average molecular weight is 297 g/mol. The molecule has 7 nitrogen and oxygen atoms in total. The molecule has 2 N–H and O–H groups in total. The Kier molecular flexibility index (Phi) is 2.96. The minimum absolute atomic E-state index is 0.119. The molecule has 3 rings (SSSR count). The fourth-order valence-electron chi connectivity index (χ4n) is 2.40. The molecule has 0 bridgehead atoms. The third-order valence-electron chi connectivity index (χ3n) is 3.59. The number of sulfonamides is 1. The number of fused-ring (bicyclic) bond motifs is 1. The predicted molar refractivity (Wildman–Crippen MR) is 72.8 cm³/mol. The normalized spacial score (nSPS) is 20.8. The highest BCUT2D eigenvalue weighted by Crippen LogP contribution is 2.23. The first-order chi connectivity index (χ1) is 9.39. The molecule has 1 saturated heterocycles. The minimum atomic E-state index is -3.58. The minimum Gasteiger partial charge on any atom is -0.408 e. The van der Waals surface area contributed by atoms with Crippen molar-refractivity contribution in [3.8, 4) is 0 Å². The second kappa shape index (κ2) is 4.44. The lowest BCUT2D eigenvalue weighted by atomic mass is 10.3. The molecule has 0 amide bonds. The van der Waals surface area contributed by atoms with Crippen LogP contribution in [0.3, 0.4) is 0 Å². The first kappa shape index (κ1) is 13.3. The molecule has 1 unspecified atom stereocenters. The van der Waals surface area contributed by atoms with Crippen molar-refractivity contribution in [1.29, 1.82) is 0 Å². The lowest BCUT2D eigenvalue weighted by molar-refractivity contribution is 0.472. The Hall–Kier alpha value is -1.64. The molecular weight excluding hydrogens is 282 g/mol. The van der Waals surface area contributed by atoms with Crippen LogP contribution in [0.25, 0.3) is 11.1 Å². The molecule has 8 heteroatoms. The van der Waals surface area contributed by atoms with Crippen LogP contribution in [0.15, 0.2) is 32.3 Å². The summed E-state index contributed by atoms with van der Waals surface area (Å²) in [6.07, 6.45) is 0.655. The number of nitrogens with zero attached hydrogens (tertiary/aromatic N) is 2. The van der Waals surface area contributed by atoms with Gasteiger partial charge in [-0.15, -0.1) is 0 Å². The van der Waals surface area contributed by atoms with Crippen molar-refractivity contribution in [2.75, 3.05) is 13.1 Å². The zero-order chi connectivity index (χ0) is 14.5. The van der Waals surface area contributed by atoms with E-state index >= 15 is 0 Å². The molecule has 1 aromatic carbocycles. The van der Waals surface area contributed by atoms with Crippen molar-refractivity contribution in [3.63, 3.8) is 0 Å². The summed E-state index contributed by atoms with van der Waals surface area (Å²) in [7, 11) is -2.01. The summed E-state index contributed by atoms with van der Waals surface area (Å²) in [4.78, 5) is 11.5. The third-order valence-corrected chi connectivity index (χ3v) is 5.45. The van der Waals surface area contributed by atoms with Crippen molar-refractivity contribution >= 4 is 21.1 Å². The highest BCUT2D eigenvalue weighted by molar-refractivity contribution is 7.89. The van der Waals surface area contributed by atoms with E-state index in [9.17, 15) is 13.2 Å². The molecule has 1 aliphatic heterocycles. The van der Waals surface area contributed by atoms with Crippen molar-refractivity contribution in [3.05, 3.63) is 28.7 Å². The zero-order valence-corrected chi connectivity index (χ0v) is 11.8. The summed E-state index contributed by atoms with van der Waals surface area (Å²) >= 11 is 0. The number of aromatic nitrogens is 1. The van der Waals surface area contributed by atoms with Crippen LogP contribution in [-0.4, -0.2) is 36.4 Å². The van der Waals surface area contributed by atoms with Gasteiger partial charge >= 0.3 is 5.76 Å². The average Bonchev–Trinajstić information content (AvgIpc) is 2.95. The highest BCUT2D eigenvalue weighted by Gasteiger charge is 2.31. The van der Waals surface area contributed by atoms with E-state index < -0.39 is 15.8 Å². The van der Waals surface area contributed by atoms with Crippen LogP contribution in [0.5, 0.6) is 0 Å². The van der Waals surface area contributed by atoms with E-state index in [-0.39, 0.29) is 16.5 Å². The van der Waals surface area contributed by atoms with Gasteiger partial charge in [0.05, 0.1) is 10.4 Å². The van der Waals surface area contributed by atoms with Crippen molar-refractivity contribution in [1.82, 2.24) is 8.87 Å². The van der Waals surface area contributed by atoms with Crippen LogP contribution in [0.4, 0.5) is 0 Å². The van der Waals surface area contributed by atoms with Gasteiger partial charge < -0.3 is 10.2 Å². The molecular formula is C12H15N3O4S. The van der Waals surface area contributed by atoms with E-state index in [1.54, 1.807) is 13.1 Å². The molecule has 20 heavy (non-hydrogen) atoms. The summed E-state index contributed by atoms with van der Waals surface area (Å²) in [5, 5.41) is 0. The maximum atomic E-state index is 12.5. The Morgan fingerprint density at radius 3 is 2.80 bits per heavy atom. The van der Waals surface area contributed by atoms with E-state index in [1.165, 1.54) is 21.0 Å². The number of hydrogen-bond donors (Lipinski definition) is 1. The first-order valence-corrected chi connectivity index (χ1v) is 7.69. The lowest BCUT2D eigenvalue weighted by Gasteiger charge is -2.15. The smallest absolute Gasteiger partial charge is 0.408 e. The van der Waals surface area contributed by atoms with Crippen molar-refractivity contribution in [2.24, 2.45) is 12.8 Å². The molecule has 0 spiro atoms. The van der Waals surface area contributed by atoms with Gasteiger partial charge in [0, 0.05) is 32.2 Å². The Bertz CT molecular complexity index is 821. The monoisotopic (exact) mass is 297 g/mol. The van der Waals surface area contributed by atoms with E-state index in [0.29, 0.717) is 25.0 Å². The molecule has 1 atom stereocenters. The van der Waals surface area contributed by atoms with Crippen LogP contribution in [-0.2, 0) is 17.1 Å². The highest BCUT2D eigenvalue weighted by atomic mass is 32.2. The second-order valence-electron chi connectivity index (χ2n) is 4.97. The summed E-state index contributed by atoms with van der Waals surface area (Å²) in [5.41, 5.74) is 6.57. The number of aryl methyl sites for hydroxylation is 1. The number of oxazole rings is 1. The summed E-state index contributed by atoms with van der Waals surface area (Å²) in [6, 6.07) is 4.32. The predicted octanol–water partition coefficient (Wildman–Crippen LogP) is -0.147. The van der Waals surface area contributed by atoms with E-state index in [2.05, 4.69) is 0 Å². The van der Waals surface area contributed by atoms with Gasteiger partial charge in [0.1, 0.15) is 0 Å². The van der Waals surface area contributed by atoms with E-state index in [0.717, 1.165) is 0 Å². The topological polar surface area (TPSA) is 98.5 Å². The summed E-state index contributed by atoms with van der Waals surface area (Å²) < 4.78 is 32.6. The van der Waals surface area contributed by atoms with Crippen molar-refractivity contribution in [2.45, 2.75) is 17.4 Å². The molecule has 0 aliphatic carbocycles. The van der Waals surface area contributed by atoms with Crippen molar-refractivity contribution < 1.29 is 12.8 Å². The molecule has 0 saturated carbocycles. The van der Waals surface area contributed by atoms with Gasteiger partial charge in [0.15, 0.2) is 5.58 Å². The van der Waals surface area contributed by atoms with Gasteiger partial charge in [-0.25, -0.2) is 13.2 Å².